The number of nitrogens with two attached hydrogens (primary N) is 1. The van der Waals surface area contributed by atoms with E-state index in [2.05, 4.69) is 36.2 Å². The highest BCUT2D eigenvalue weighted by atomic mass is 16.5. The highest BCUT2D eigenvalue weighted by Crippen LogP contribution is 2.45. The summed E-state index contributed by atoms with van der Waals surface area (Å²) >= 11 is 0. The molecule has 154 valence electrons. The van der Waals surface area contributed by atoms with E-state index in [9.17, 15) is 0 Å². The topological polar surface area (TPSA) is 102 Å². The molecule has 3 aromatic heterocycles. The van der Waals surface area contributed by atoms with E-state index in [1.807, 2.05) is 42.6 Å². The van der Waals surface area contributed by atoms with E-state index in [0.29, 0.717) is 29.4 Å². The molecule has 2 atom stereocenters. The zero-order valence-electron chi connectivity index (χ0n) is 16.7. The number of piperidine rings is 1. The zero-order chi connectivity index (χ0) is 20.8. The van der Waals surface area contributed by atoms with Crippen molar-refractivity contribution in [2.24, 2.45) is 17.6 Å². The number of ether oxygens (including phenoxy) is 1. The molecule has 2 fully saturated rings. The molecular weight excluding hydrogens is 390 g/mol. The van der Waals surface area contributed by atoms with Gasteiger partial charge in [0.15, 0.2) is 0 Å². The minimum atomic E-state index is 0.360. The average molecular weight is 411 g/mol. The fourth-order valence-electron chi connectivity index (χ4n) is 4.30. The third-order valence-corrected chi connectivity index (χ3v) is 6.06. The van der Waals surface area contributed by atoms with Gasteiger partial charge in [-0.25, -0.2) is 15.0 Å². The Morgan fingerprint density at radius 3 is 2.68 bits per heavy atom. The summed E-state index contributed by atoms with van der Waals surface area (Å²) < 4.78 is 5.89. The Labute approximate surface area is 179 Å². The Balaban J connectivity index is 1.27. The van der Waals surface area contributed by atoms with Crippen LogP contribution in [0.1, 0.15) is 0 Å². The molecule has 0 spiro atoms. The lowest BCUT2D eigenvalue weighted by Gasteiger charge is -2.20. The maximum Gasteiger partial charge on any atom is 0.145 e. The molecule has 1 aromatic carbocycles. The van der Waals surface area contributed by atoms with E-state index in [-0.39, 0.29) is 0 Å². The van der Waals surface area contributed by atoms with Crippen molar-refractivity contribution in [1.82, 2.24) is 19.9 Å². The number of benzene rings is 1. The maximum atomic E-state index is 6.08. The van der Waals surface area contributed by atoms with Gasteiger partial charge in [0.25, 0.3) is 0 Å². The second-order valence-corrected chi connectivity index (χ2v) is 8.04. The van der Waals surface area contributed by atoms with Crippen LogP contribution in [-0.2, 0) is 0 Å². The van der Waals surface area contributed by atoms with Crippen LogP contribution in [0.2, 0.25) is 0 Å². The summed E-state index contributed by atoms with van der Waals surface area (Å²) in [6, 6.07) is 13.9. The normalized spacial score (nSPS) is 21.7. The smallest absolute Gasteiger partial charge is 0.145 e. The summed E-state index contributed by atoms with van der Waals surface area (Å²) in [5.74, 6) is 4.28. The van der Waals surface area contributed by atoms with Crippen molar-refractivity contribution in [2.75, 3.05) is 23.3 Å². The van der Waals surface area contributed by atoms with Crippen LogP contribution in [0.4, 0.5) is 17.3 Å². The van der Waals surface area contributed by atoms with E-state index < -0.39 is 0 Å². The van der Waals surface area contributed by atoms with Crippen molar-refractivity contribution in [3.05, 3.63) is 67.4 Å². The van der Waals surface area contributed by atoms with Gasteiger partial charge >= 0.3 is 0 Å². The molecule has 0 radical (unpaired) electrons. The van der Waals surface area contributed by atoms with E-state index in [4.69, 9.17) is 10.5 Å². The highest BCUT2D eigenvalue weighted by Gasteiger charge is 2.53. The molecule has 1 saturated carbocycles. The predicted molar refractivity (Wildman–Crippen MR) is 119 cm³/mol. The monoisotopic (exact) mass is 411 g/mol. The predicted octanol–water partition coefficient (Wildman–Crippen LogP) is 3.35. The van der Waals surface area contributed by atoms with Gasteiger partial charge in [-0.1, -0.05) is 6.07 Å². The van der Waals surface area contributed by atoms with Crippen LogP contribution in [0, 0.1) is 11.8 Å². The number of nitrogens with one attached hydrogen (secondary N) is 1. The third-order valence-electron chi connectivity index (χ3n) is 6.06. The van der Waals surface area contributed by atoms with Crippen molar-refractivity contribution < 1.29 is 4.74 Å². The quantitative estimate of drug-likeness (QED) is 0.515. The van der Waals surface area contributed by atoms with Gasteiger partial charge in [-0.05, 0) is 42.2 Å². The lowest BCUT2D eigenvalue weighted by molar-refractivity contribution is 0.480. The SMILES string of the molecule is NC1C2CN(c3cc4c(Nc5cccc(Oc6cccnc6)c5)ncnc4cn3)CC12. The van der Waals surface area contributed by atoms with Gasteiger partial charge in [0.1, 0.15) is 29.5 Å². The molecule has 4 heterocycles. The van der Waals surface area contributed by atoms with Crippen LogP contribution in [-0.4, -0.2) is 39.1 Å². The largest absolute Gasteiger partial charge is 0.456 e. The van der Waals surface area contributed by atoms with E-state index in [0.717, 1.165) is 41.3 Å². The molecule has 31 heavy (non-hydrogen) atoms. The molecule has 2 unspecified atom stereocenters. The molecular formula is C23H21N7O. The van der Waals surface area contributed by atoms with Crippen molar-refractivity contribution in [3.63, 3.8) is 0 Å². The number of hydrogen-bond donors (Lipinski definition) is 2. The Hall–Kier alpha value is -3.78. The second-order valence-electron chi connectivity index (χ2n) is 8.04. The summed E-state index contributed by atoms with van der Waals surface area (Å²) in [5, 5.41) is 4.33. The van der Waals surface area contributed by atoms with E-state index in [1.165, 1.54) is 0 Å². The number of fused-ring (bicyclic) bond motifs is 2. The van der Waals surface area contributed by atoms with Crippen LogP contribution in [0.5, 0.6) is 11.5 Å². The first-order chi connectivity index (χ1) is 15.2. The van der Waals surface area contributed by atoms with Gasteiger partial charge in [-0.15, -0.1) is 0 Å². The molecule has 6 rings (SSSR count). The lowest BCUT2D eigenvalue weighted by Crippen LogP contribution is -2.28. The number of anilines is 3. The van der Waals surface area contributed by atoms with Crippen molar-refractivity contribution in [3.8, 4) is 11.5 Å². The fourth-order valence-corrected chi connectivity index (χ4v) is 4.30. The summed E-state index contributed by atoms with van der Waals surface area (Å²) in [6.45, 7) is 1.93. The molecule has 8 nitrogen and oxygen atoms in total. The van der Waals surface area contributed by atoms with Gasteiger partial charge in [-0.2, -0.15) is 0 Å². The Morgan fingerprint density at radius 2 is 1.84 bits per heavy atom. The Kier molecular flexibility index (Phi) is 4.17. The standard InChI is InChI=1S/C23H21N7O/c24-22-18-11-30(12-19(18)22)21-8-17-20(10-26-21)27-13-28-23(17)29-14-3-1-4-15(7-14)31-16-5-2-6-25-9-16/h1-10,13,18-19,22H,11-12,24H2,(H,27,28,29). The first kappa shape index (κ1) is 18.0. The Bertz CT molecular complexity index is 1240. The first-order valence-corrected chi connectivity index (χ1v) is 10.3. The van der Waals surface area contributed by atoms with Gasteiger partial charge < -0.3 is 20.7 Å². The molecule has 1 aliphatic carbocycles. The van der Waals surface area contributed by atoms with Gasteiger partial charge in [0, 0.05) is 42.5 Å². The summed E-state index contributed by atoms with van der Waals surface area (Å²) in [5.41, 5.74) is 7.75. The van der Waals surface area contributed by atoms with Gasteiger partial charge in [0.2, 0.25) is 0 Å². The number of rotatable bonds is 5. The lowest BCUT2D eigenvalue weighted by atomic mass is 10.2. The number of hydrogen-bond acceptors (Lipinski definition) is 8. The molecule has 3 N–H and O–H groups in total. The van der Waals surface area contributed by atoms with Crippen LogP contribution in [0.3, 0.4) is 0 Å². The molecule has 1 saturated heterocycles. The average Bonchev–Trinajstić information content (AvgIpc) is 3.19. The molecule has 2 aliphatic rings. The van der Waals surface area contributed by atoms with Crippen LogP contribution >= 0.6 is 0 Å². The van der Waals surface area contributed by atoms with Crippen molar-refractivity contribution in [2.45, 2.75) is 6.04 Å². The first-order valence-electron chi connectivity index (χ1n) is 10.3. The summed E-state index contributed by atoms with van der Waals surface area (Å²) in [7, 11) is 0. The van der Waals surface area contributed by atoms with Crippen LogP contribution < -0.4 is 20.7 Å². The minimum absolute atomic E-state index is 0.360. The maximum absolute atomic E-state index is 6.08. The fraction of sp³-hybridized carbons (Fsp3) is 0.217. The molecule has 1 aliphatic heterocycles. The van der Waals surface area contributed by atoms with Gasteiger partial charge in [0.05, 0.1) is 17.9 Å². The highest BCUT2D eigenvalue weighted by molar-refractivity contribution is 5.92. The molecule has 0 amide bonds. The van der Waals surface area contributed by atoms with E-state index >= 15 is 0 Å². The third kappa shape index (κ3) is 3.40. The number of pyridine rings is 2. The number of aromatic nitrogens is 4. The van der Waals surface area contributed by atoms with Crippen molar-refractivity contribution in [1.29, 1.82) is 0 Å². The Morgan fingerprint density at radius 1 is 0.968 bits per heavy atom. The van der Waals surface area contributed by atoms with Crippen LogP contribution in [0.15, 0.2) is 67.4 Å². The summed E-state index contributed by atoms with van der Waals surface area (Å²) in [4.78, 5) is 19.9. The minimum Gasteiger partial charge on any atom is -0.456 e. The second kappa shape index (κ2) is 7.17. The summed E-state index contributed by atoms with van der Waals surface area (Å²) in [6.07, 6.45) is 6.75. The molecule has 0 bridgehead atoms. The molecule has 8 heteroatoms. The molecule has 4 aromatic rings. The number of nitrogens with zero attached hydrogens (tertiary/aromatic N) is 5. The van der Waals surface area contributed by atoms with E-state index in [1.54, 1.807) is 18.7 Å². The van der Waals surface area contributed by atoms with Gasteiger partial charge in [-0.3, -0.25) is 4.98 Å². The van der Waals surface area contributed by atoms with Crippen molar-refractivity contribution >= 4 is 28.2 Å². The van der Waals surface area contributed by atoms with Crippen LogP contribution in [0.25, 0.3) is 10.9 Å². The zero-order valence-corrected chi connectivity index (χ0v) is 16.7.